The van der Waals surface area contributed by atoms with Crippen LogP contribution in [0.25, 0.3) is 0 Å². The summed E-state index contributed by atoms with van der Waals surface area (Å²) in [6.45, 7) is 2.38. The predicted molar refractivity (Wildman–Crippen MR) is 76.8 cm³/mol. The fourth-order valence-electron chi connectivity index (χ4n) is 2.72. The summed E-state index contributed by atoms with van der Waals surface area (Å²) in [6.07, 6.45) is 3.94. The maximum atomic E-state index is 12.1. The van der Waals surface area contributed by atoms with Crippen molar-refractivity contribution in [3.05, 3.63) is 29.3 Å². The highest BCUT2D eigenvalue weighted by atomic mass is 32.2. The summed E-state index contributed by atoms with van der Waals surface area (Å²) in [6, 6.07) is 5.91. The molecule has 2 aliphatic rings. The molecule has 110 valence electrons. The molecule has 6 heteroatoms. The molecule has 20 heavy (non-hydrogen) atoms. The zero-order chi connectivity index (χ0) is 14.0. The van der Waals surface area contributed by atoms with Gasteiger partial charge < -0.3 is 4.74 Å². The SMILES string of the molecule is O=S(=O)(NCc1ccc2c(c1)CCCO2)N1CCCC1. The van der Waals surface area contributed by atoms with Crippen LogP contribution >= 0.6 is 0 Å². The Morgan fingerprint density at radius 2 is 2.00 bits per heavy atom. The molecule has 0 atom stereocenters. The van der Waals surface area contributed by atoms with Crippen LogP contribution in [0.5, 0.6) is 5.75 Å². The number of ether oxygens (including phenoxy) is 1. The monoisotopic (exact) mass is 296 g/mol. The van der Waals surface area contributed by atoms with Crippen molar-refractivity contribution < 1.29 is 13.2 Å². The fourth-order valence-corrected chi connectivity index (χ4v) is 3.99. The van der Waals surface area contributed by atoms with Gasteiger partial charge in [-0.2, -0.15) is 17.4 Å². The predicted octanol–water partition coefficient (Wildman–Crippen LogP) is 1.44. The molecule has 0 radical (unpaired) electrons. The molecule has 0 unspecified atom stereocenters. The van der Waals surface area contributed by atoms with Gasteiger partial charge in [0.2, 0.25) is 0 Å². The molecule has 0 bridgehead atoms. The lowest BCUT2D eigenvalue weighted by Crippen LogP contribution is -2.38. The maximum Gasteiger partial charge on any atom is 0.279 e. The molecule has 0 saturated carbocycles. The largest absolute Gasteiger partial charge is 0.493 e. The smallest absolute Gasteiger partial charge is 0.279 e. The summed E-state index contributed by atoms with van der Waals surface area (Å²) in [7, 11) is -3.33. The number of hydrogen-bond acceptors (Lipinski definition) is 3. The number of nitrogens with one attached hydrogen (secondary N) is 1. The van der Waals surface area contributed by atoms with E-state index in [1.165, 1.54) is 9.87 Å². The topological polar surface area (TPSA) is 58.6 Å². The van der Waals surface area contributed by atoms with E-state index in [-0.39, 0.29) is 0 Å². The Labute approximate surface area is 120 Å². The van der Waals surface area contributed by atoms with Gasteiger partial charge in [0.25, 0.3) is 10.2 Å². The Morgan fingerprint density at radius 3 is 2.80 bits per heavy atom. The Balaban J connectivity index is 1.66. The molecule has 1 aromatic carbocycles. The maximum absolute atomic E-state index is 12.1. The number of fused-ring (bicyclic) bond motifs is 1. The van der Waals surface area contributed by atoms with Gasteiger partial charge in [0, 0.05) is 19.6 Å². The van der Waals surface area contributed by atoms with E-state index in [1.807, 2.05) is 18.2 Å². The van der Waals surface area contributed by atoms with E-state index in [9.17, 15) is 8.42 Å². The Bertz CT molecular complexity index is 580. The fraction of sp³-hybridized carbons (Fsp3) is 0.571. The Morgan fingerprint density at radius 1 is 1.20 bits per heavy atom. The van der Waals surface area contributed by atoms with Crippen LogP contribution in [0.4, 0.5) is 0 Å². The molecule has 1 N–H and O–H groups in total. The second-order valence-corrected chi connectivity index (χ2v) is 7.08. The molecule has 2 heterocycles. The summed E-state index contributed by atoms with van der Waals surface area (Å²) < 4.78 is 33.9. The van der Waals surface area contributed by atoms with Crippen LogP contribution in [0.2, 0.25) is 0 Å². The van der Waals surface area contributed by atoms with Gasteiger partial charge in [-0.05, 0) is 42.9 Å². The van der Waals surface area contributed by atoms with Gasteiger partial charge in [-0.1, -0.05) is 12.1 Å². The van der Waals surface area contributed by atoms with Crippen LogP contribution in [-0.4, -0.2) is 32.4 Å². The first-order chi connectivity index (χ1) is 9.65. The number of nitrogens with zero attached hydrogens (tertiary/aromatic N) is 1. The summed E-state index contributed by atoms with van der Waals surface area (Å²) in [4.78, 5) is 0. The van der Waals surface area contributed by atoms with E-state index in [1.54, 1.807) is 0 Å². The standard InChI is InChI=1S/C14H20N2O3S/c17-20(18,16-7-1-2-8-16)15-11-12-5-6-14-13(10-12)4-3-9-19-14/h5-6,10,15H,1-4,7-9,11H2. The molecular weight excluding hydrogens is 276 g/mol. The van der Waals surface area contributed by atoms with Gasteiger partial charge in [-0.3, -0.25) is 0 Å². The van der Waals surface area contributed by atoms with Crippen LogP contribution < -0.4 is 9.46 Å². The zero-order valence-electron chi connectivity index (χ0n) is 11.5. The second-order valence-electron chi connectivity index (χ2n) is 5.33. The van der Waals surface area contributed by atoms with E-state index in [4.69, 9.17) is 4.74 Å². The lowest BCUT2D eigenvalue weighted by atomic mass is 10.0. The van der Waals surface area contributed by atoms with E-state index < -0.39 is 10.2 Å². The van der Waals surface area contributed by atoms with Crippen molar-refractivity contribution in [3.8, 4) is 5.75 Å². The van der Waals surface area contributed by atoms with Crippen molar-refractivity contribution in [3.63, 3.8) is 0 Å². The highest BCUT2D eigenvalue weighted by Crippen LogP contribution is 2.25. The molecule has 0 aromatic heterocycles. The summed E-state index contributed by atoms with van der Waals surface area (Å²) in [5.74, 6) is 0.933. The van der Waals surface area contributed by atoms with E-state index >= 15 is 0 Å². The minimum atomic E-state index is -3.33. The van der Waals surface area contributed by atoms with Crippen LogP contribution in [-0.2, 0) is 23.2 Å². The van der Waals surface area contributed by atoms with Gasteiger partial charge in [-0.25, -0.2) is 0 Å². The van der Waals surface area contributed by atoms with Gasteiger partial charge in [0.15, 0.2) is 0 Å². The first kappa shape index (κ1) is 13.9. The molecule has 1 fully saturated rings. The van der Waals surface area contributed by atoms with E-state index in [0.29, 0.717) is 19.6 Å². The lowest BCUT2D eigenvalue weighted by Gasteiger charge is -2.19. The number of aryl methyl sites for hydroxylation is 1. The summed E-state index contributed by atoms with van der Waals surface area (Å²) in [5, 5.41) is 0. The molecule has 1 aromatic rings. The quantitative estimate of drug-likeness (QED) is 0.914. The molecular formula is C14H20N2O3S. The van der Waals surface area contributed by atoms with Gasteiger partial charge in [-0.15, -0.1) is 0 Å². The average molecular weight is 296 g/mol. The first-order valence-corrected chi connectivity index (χ1v) is 8.58. The highest BCUT2D eigenvalue weighted by Gasteiger charge is 2.24. The lowest BCUT2D eigenvalue weighted by molar-refractivity contribution is 0.288. The van der Waals surface area contributed by atoms with E-state index in [2.05, 4.69) is 4.72 Å². The zero-order valence-corrected chi connectivity index (χ0v) is 12.3. The average Bonchev–Trinajstić information content (AvgIpc) is 3.00. The summed E-state index contributed by atoms with van der Waals surface area (Å²) in [5.41, 5.74) is 2.16. The third kappa shape index (κ3) is 2.97. The van der Waals surface area contributed by atoms with Crippen molar-refractivity contribution in [2.75, 3.05) is 19.7 Å². The number of hydrogen-bond donors (Lipinski definition) is 1. The van der Waals surface area contributed by atoms with Crippen molar-refractivity contribution in [2.24, 2.45) is 0 Å². The van der Waals surface area contributed by atoms with Crippen LogP contribution in [0, 0.1) is 0 Å². The molecule has 0 aliphatic carbocycles. The van der Waals surface area contributed by atoms with E-state index in [0.717, 1.165) is 43.6 Å². The normalized spacial score (nSPS) is 19.6. The van der Waals surface area contributed by atoms with Gasteiger partial charge >= 0.3 is 0 Å². The summed E-state index contributed by atoms with van der Waals surface area (Å²) >= 11 is 0. The van der Waals surface area contributed by atoms with Crippen molar-refractivity contribution in [1.29, 1.82) is 0 Å². The second kappa shape index (κ2) is 5.71. The Kier molecular flexibility index (Phi) is 3.96. The molecule has 2 aliphatic heterocycles. The van der Waals surface area contributed by atoms with Gasteiger partial charge in [0.1, 0.15) is 5.75 Å². The number of rotatable bonds is 4. The number of benzene rings is 1. The molecule has 0 amide bonds. The first-order valence-electron chi connectivity index (χ1n) is 7.14. The van der Waals surface area contributed by atoms with Crippen molar-refractivity contribution in [1.82, 2.24) is 9.03 Å². The molecule has 0 spiro atoms. The molecule has 3 rings (SSSR count). The highest BCUT2D eigenvalue weighted by molar-refractivity contribution is 7.87. The third-order valence-electron chi connectivity index (χ3n) is 3.84. The minimum Gasteiger partial charge on any atom is -0.493 e. The van der Waals surface area contributed by atoms with Gasteiger partial charge in [0.05, 0.1) is 6.61 Å². The van der Waals surface area contributed by atoms with Crippen LogP contribution in [0.3, 0.4) is 0 Å². The van der Waals surface area contributed by atoms with Crippen LogP contribution in [0.1, 0.15) is 30.4 Å². The third-order valence-corrected chi connectivity index (χ3v) is 5.39. The molecule has 5 nitrogen and oxygen atoms in total. The minimum absolute atomic E-state index is 0.339. The Hall–Kier alpha value is -1.11. The molecule has 1 saturated heterocycles. The van der Waals surface area contributed by atoms with Crippen LogP contribution in [0.15, 0.2) is 18.2 Å². The van der Waals surface area contributed by atoms with Crippen molar-refractivity contribution >= 4 is 10.2 Å². The van der Waals surface area contributed by atoms with Crippen molar-refractivity contribution in [2.45, 2.75) is 32.2 Å².